The Morgan fingerprint density at radius 2 is 1.81 bits per heavy atom. The SMILES string of the molecule is CN([C@H]1CC[C@H](CC(=O)O)CC1)S(C)(=O)=O. The van der Waals surface area contributed by atoms with E-state index in [0.29, 0.717) is 0 Å². The van der Waals surface area contributed by atoms with Gasteiger partial charge in [0.05, 0.1) is 6.26 Å². The van der Waals surface area contributed by atoms with Crippen molar-refractivity contribution >= 4 is 16.0 Å². The summed E-state index contributed by atoms with van der Waals surface area (Å²) in [6.07, 6.45) is 4.54. The van der Waals surface area contributed by atoms with Crippen molar-refractivity contribution in [3.63, 3.8) is 0 Å². The molecular weight excluding hydrogens is 230 g/mol. The van der Waals surface area contributed by atoms with E-state index in [1.807, 2.05) is 0 Å². The number of sulfonamides is 1. The third-order valence-electron chi connectivity index (χ3n) is 3.32. The van der Waals surface area contributed by atoms with E-state index in [-0.39, 0.29) is 18.4 Å². The molecule has 0 heterocycles. The number of carboxylic acids is 1. The lowest BCUT2D eigenvalue weighted by Gasteiger charge is -2.32. The maximum atomic E-state index is 11.3. The van der Waals surface area contributed by atoms with Crippen LogP contribution in [0.15, 0.2) is 0 Å². The average molecular weight is 249 g/mol. The lowest BCUT2D eigenvalue weighted by Crippen LogP contribution is -2.39. The van der Waals surface area contributed by atoms with Crippen molar-refractivity contribution in [2.24, 2.45) is 5.92 Å². The molecule has 16 heavy (non-hydrogen) atoms. The molecule has 1 aliphatic carbocycles. The molecule has 1 rings (SSSR count). The second-order valence-corrected chi connectivity index (χ2v) is 6.59. The van der Waals surface area contributed by atoms with Gasteiger partial charge in [-0.1, -0.05) is 0 Å². The topological polar surface area (TPSA) is 74.7 Å². The van der Waals surface area contributed by atoms with Crippen LogP contribution in [0.5, 0.6) is 0 Å². The normalized spacial score (nSPS) is 26.9. The molecule has 0 aromatic rings. The first-order chi connectivity index (χ1) is 7.30. The first-order valence-electron chi connectivity index (χ1n) is 5.45. The monoisotopic (exact) mass is 249 g/mol. The summed E-state index contributed by atoms with van der Waals surface area (Å²) in [5, 5.41) is 8.66. The highest BCUT2D eigenvalue weighted by Crippen LogP contribution is 2.29. The van der Waals surface area contributed by atoms with Crippen LogP contribution in [0.1, 0.15) is 32.1 Å². The summed E-state index contributed by atoms with van der Waals surface area (Å²) < 4.78 is 24.0. The molecular formula is C10H19NO4S. The van der Waals surface area contributed by atoms with E-state index in [4.69, 9.17) is 5.11 Å². The molecule has 0 radical (unpaired) electrons. The molecule has 0 aliphatic heterocycles. The summed E-state index contributed by atoms with van der Waals surface area (Å²) in [7, 11) is -1.53. The second kappa shape index (κ2) is 5.14. The quantitative estimate of drug-likeness (QED) is 0.803. The lowest BCUT2D eigenvalue weighted by atomic mass is 9.84. The predicted molar refractivity (Wildman–Crippen MR) is 60.6 cm³/mol. The number of carbonyl (C=O) groups is 1. The van der Waals surface area contributed by atoms with E-state index in [2.05, 4.69) is 0 Å². The van der Waals surface area contributed by atoms with Crippen LogP contribution >= 0.6 is 0 Å². The van der Waals surface area contributed by atoms with Crippen LogP contribution in [0.25, 0.3) is 0 Å². The lowest BCUT2D eigenvalue weighted by molar-refractivity contribution is -0.138. The minimum Gasteiger partial charge on any atom is -0.481 e. The Balaban J connectivity index is 2.46. The molecule has 0 atom stereocenters. The number of hydrogen-bond donors (Lipinski definition) is 1. The van der Waals surface area contributed by atoms with Crippen molar-refractivity contribution < 1.29 is 18.3 Å². The van der Waals surface area contributed by atoms with Gasteiger partial charge in [0.2, 0.25) is 10.0 Å². The fourth-order valence-corrected chi connectivity index (χ4v) is 2.98. The van der Waals surface area contributed by atoms with Crippen LogP contribution in [-0.4, -0.2) is 43.1 Å². The van der Waals surface area contributed by atoms with Crippen molar-refractivity contribution in [2.75, 3.05) is 13.3 Å². The number of rotatable bonds is 4. The molecule has 0 spiro atoms. The van der Waals surface area contributed by atoms with Gasteiger partial charge < -0.3 is 5.11 Å². The largest absolute Gasteiger partial charge is 0.481 e. The number of nitrogens with zero attached hydrogens (tertiary/aromatic N) is 1. The van der Waals surface area contributed by atoms with Gasteiger partial charge in [-0.2, -0.15) is 0 Å². The molecule has 1 saturated carbocycles. The average Bonchev–Trinajstić information content (AvgIpc) is 2.15. The molecule has 94 valence electrons. The zero-order chi connectivity index (χ0) is 12.3. The molecule has 0 saturated heterocycles. The molecule has 6 heteroatoms. The van der Waals surface area contributed by atoms with Crippen molar-refractivity contribution in [3.05, 3.63) is 0 Å². The van der Waals surface area contributed by atoms with Crippen LogP contribution < -0.4 is 0 Å². The molecule has 1 aliphatic rings. The van der Waals surface area contributed by atoms with Gasteiger partial charge in [-0.3, -0.25) is 4.79 Å². The van der Waals surface area contributed by atoms with E-state index < -0.39 is 16.0 Å². The standard InChI is InChI=1S/C10H19NO4S/c1-11(16(2,14)15)9-5-3-8(4-6-9)7-10(12)13/h8-9H,3-7H2,1-2H3,(H,12,13)/t8-,9-. The van der Waals surface area contributed by atoms with E-state index in [1.165, 1.54) is 10.6 Å². The molecule has 0 amide bonds. The Kier molecular flexibility index (Phi) is 4.32. The van der Waals surface area contributed by atoms with Gasteiger partial charge in [-0.15, -0.1) is 0 Å². The van der Waals surface area contributed by atoms with Gasteiger partial charge in [0.1, 0.15) is 0 Å². The van der Waals surface area contributed by atoms with E-state index in [0.717, 1.165) is 25.7 Å². The van der Waals surface area contributed by atoms with Crippen molar-refractivity contribution in [2.45, 2.75) is 38.1 Å². The summed E-state index contributed by atoms with van der Waals surface area (Å²) in [6.45, 7) is 0. The zero-order valence-electron chi connectivity index (χ0n) is 9.72. The smallest absolute Gasteiger partial charge is 0.303 e. The highest BCUT2D eigenvalue weighted by molar-refractivity contribution is 7.88. The third-order valence-corrected chi connectivity index (χ3v) is 4.66. The maximum absolute atomic E-state index is 11.3. The van der Waals surface area contributed by atoms with Crippen molar-refractivity contribution in [1.29, 1.82) is 0 Å². The predicted octanol–water partition coefficient (Wildman–Crippen LogP) is 0.911. The molecule has 1 N–H and O–H groups in total. The molecule has 1 fully saturated rings. The van der Waals surface area contributed by atoms with Gasteiger partial charge in [0.15, 0.2) is 0 Å². The second-order valence-electron chi connectivity index (χ2n) is 4.55. The minimum absolute atomic E-state index is 0.0417. The zero-order valence-corrected chi connectivity index (χ0v) is 10.5. The van der Waals surface area contributed by atoms with Gasteiger partial charge in [-0.05, 0) is 31.6 Å². The molecule has 0 bridgehead atoms. The minimum atomic E-state index is -3.13. The molecule has 5 nitrogen and oxygen atoms in total. The first kappa shape index (κ1) is 13.4. The third kappa shape index (κ3) is 3.75. The van der Waals surface area contributed by atoms with Gasteiger partial charge in [0.25, 0.3) is 0 Å². The summed E-state index contributed by atoms with van der Waals surface area (Å²) in [5.41, 5.74) is 0. The fraction of sp³-hybridized carbons (Fsp3) is 0.900. The van der Waals surface area contributed by atoms with Crippen LogP contribution in [0, 0.1) is 5.92 Å². The van der Waals surface area contributed by atoms with Crippen molar-refractivity contribution in [1.82, 2.24) is 4.31 Å². The summed E-state index contributed by atoms with van der Waals surface area (Å²) >= 11 is 0. The molecule has 0 aromatic heterocycles. The van der Waals surface area contributed by atoms with E-state index in [9.17, 15) is 13.2 Å². The summed E-state index contributed by atoms with van der Waals surface area (Å²) in [4.78, 5) is 10.5. The summed E-state index contributed by atoms with van der Waals surface area (Å²) in [5.74, 6) is -0.554. The van der Waals surface area contributed by atoms with Gasteiger partial charge in [-0.25, -0.2) is 12.7 Å². The highest BCUT2D eigenvalue weighted by Gasteiger charge is 2.28. The Bertz CT molecular complexity index is 344. The van der Waals surface area contributed by atoms with Gasteiger partial charge in [0, 0.05) is 19.5 Å². The van der Waals surface area contributed by atoms with Crippen LogP contribution in [0.3, 0.4) is 0 Å². The fourth-order valence-electron chi connectivity index (χ4n) is 2.23. The molecule has 0 unspecified atom stereocenters. The Morgan fingerprint density at radius 3 is 2.19 bits per heavy atom. The number of carboxylic acid groups (broad SMARTS) is 1. The maximum Gasteiger partial charge on any atom is 0.303 e. The van der Waals surface area contributed by atoms with Gasteiger partial charge >= 0.3 is 5.97 Å². The van der Waals surface area contributed by atoms with Crippen LogP contribution in [0.4, 0.5) is 0 Å². The number of aliphatic carboxylic acids is 1. The highest BCUT2D eigenvalue weighted by atomic mass is 32.2. The van der Waals surface area contributed by atoms with Crippen LogP contribution in [0.2, 0.25) is 0 Å². The van der Waals surface area contributed by atoms with Crippen LogP contribution in [-0.2, 0) is 14.8 Å². The Labute approximate surface area is 96.5 Å². The van der Waals surface area contributed by atoms with E-state index in [1.54, 1.807) is 7.05 Å². The first-order valence-corrected chi connectivity index (χ1v) is 7.30. The Morgan fingerprint density at radius 1 is 1.31 bits per heavy atom. The number of hydrogen-bond acceptors (Lipinski definition) is 3. The van der Waals surface area contributed by atoms with E-state index >= 15 is 0 Å². The van der Waals surface area contributed by atoms with Crippen molar-refractivity contribution in [3.8, 4) is 0 Å². The Hall–Kier alpha value is -0.620. The summed E-state index contributed by atoms with van der Waals surface area (Å²) in [6, 6.07) is 0.0417. The molecule has 0 aromatic carbocycles.